The fourth-order valence-corrected chi connectivity index (χ4v) is 2.72. The standard InChI is InChI=1S/C15H16ClN5O4/c16-11-3-1-10(2-4-11)15-17-19-21(18-15)8-13(22)20-5-6-25-9-12(20)7-14(23)24/h1-4,12H,5-9H2,(H,23,24). The van der Waals surface area contributed by atoms with Crippen LogP contribution in [0.1, 0.15) is 6.42 Å². The molecule has 10 heteroatoms. The topological polar surface area (TPSA) is 110 Å². The number of ether oxygens (including phenoxy) is 1. The summed E-state index contributed by atoms with van der Waals surface area (Å²) in [5.41, 5.74) is 0.734. The first-order valence-corrected chi connectivity index (χ1v) is 8.03. The fraction of sp³-hybridized carbons (Fsp3) is 0.400. The Balaban J connectivity index is 1.68. The van der Waals surface area contributed by atoms with Crippen LogP contribution in [0.3, 0.4) is 0 Å². The van der Waals surface area contributed by atoms with Gasteiger partial charge in [-0.2, -0.15) is 4.80 Å². The van der Waals surface area contributed by atoms with Crippen molar-refractivity contribution in [3.05, 3.63) is 29.3 Å². The van der Waals surface area contributed by atoms with Crippen molar-refractivity contribution in [2.24, 2.45) is 0 Å². The Kier molecular flexibility index (Phi) is 5.25. The van der Waals surface area contributed by atoms with Gasteiger partial charge in [0, 0.05) is 17.1 Å². The van der Waals surface area contributed by atoms with Crippen molar-refractivity contribution in [3.63, 3.8) is 0 Å². The van der Waals surface area contributed by atoms with Crippen LogP contribution in [0.5, 0.6) is 0 Å². The first-order valence-electron chi connectivity index (χ1n) is 7.65. The second-order valence-electron chi connectivity index (χ2n) is 5.56. The molecule has 2 aromatic rings. The summed E-state index contributed by atoms with van der Waals surface area (Å²) >= 11 is 5.85. The number of benzene rings is 1. The zero-order valence-electron chi connectivity index (χ0n) is 13.2. The Morgan fingerprint density at radius 1 is 1.32 bits per heavy atom. The molecule has 1 unspecified atom stereocenters. The van der Waals surface area contributed by atoms with Crippen LogP contribution in [0.25, 0.3) is 11.4 Å². The number of amides is 1. The number of carboxylic acid groups (broad SMARTS) is 1. The summed E-state index contributed by atoms with van der Waals surface area (Å²) in [6, 6.07) is 6.46. The third-order valence-corrected chi connectivity index (χ3v) is 4.04. The lowest BCUT2D eigenvalue weighted by Crippen LogP contribution is -2.50. The summed E-state index contributed by atoms with van der Waals surface area (Å²) in [5.74, 6) is -0.861. The lowest BCUT2D eigenvalue weighted by Gasteiger charge is -2.34. The highest BCUT2D eigenvalue weighted by molar-refractivity contribution is 6.30. The zero-order valence-corrected chi connectivity index (χ0v) is 14.0. The Labute approximate surface area is 148 Å². The van der Waals surface area contributed by atoms with Gasteiger partial charge in [-0.15, -0.1) is 10.2 Å². The van der Waals surface area contributed by atoms with Gasteiger partial charge >= 0.3 is 5.97 Å². The second kappa shape index (κ2) is 7.58. The van der Waals surface area contributed by atoms with Crippen LogP contribution in [0, 0.1) is 0 Å². The molecule has 0 radical (unpaired) electrons. The van der Waals surface area contributed by atoms with Crippen molar-refractivity contribution in [3.8, 4) is 11.4 Å². The van der Waals surface area contributed by atoms with Crippen LogP contribution in [-0.4, -0.2) is 67.9 Å². The molecule has 2 heterocycles. The molecule has 1 fully saturated rings. The minimum Gasteiger partial charge on any atom is -0.481 e. The van der Waals surface area contributed by atoms with Crippen LogP contribution in [-0.2, 0) is 20.9 Å². The van der Waals surface area contributed by atoms with Crippen molar-refractivity contribution < 1.29 is 19.4 Å². The molecule has 132 valence electrons. The number of halogens is 1. The number of carbonyl (C=O) groups excluding carboxylic acids is 1. The van der Waals surface area contributed by atoms with Gasteiger partial charge in [0.05, 0.1) is 25.7 Å². The van der Waals surface area contributed by atoms with Gasteiger partial charge in [0.25, 0.3) is 0 Å². The molecule has 1 aliphatic heterocycles. The van der Waals surface area contributed by atoms with Gasteiger partial charge in [0.15, 0.2) is 0 Å². The van der Waals surface area contributed by atoms with Gasteiger partial charge in [0.2, 0.25) is 11.7 Å². The van der Waals surface area contributed by atoms with E-state index >= 15 is 0 Å². The zero-order chi connectivity index (χ0) is 17.8. The van der Waals surface area contributed by atoms with Crippen molar-refractivity contribution >= 4 is 23.5 Å². The molecule has 1 N–H and O–H groups in total. The van der Waals surface area contributed by atoms with Gasteiger partial charge in [-0.25, -0.2) is 0 Å². The van der Waals surface area contributed by atoms with Gasteiger partial charge < -0.3 is 14.7 Å². The normalized spacial score (nSPS) is 17.5. The van der Waals surface area contributed by atoms with Crippen molar-refractivity contribution in [1.82, 2.24) is 25.1 Å². The van der Waals surface area contributed by atoms with Gasteiger partial charge in [-0.05, 0) is 29.5 Å². The molecular weight excluding hydrogens is 350 g/mol. The molecule has 25 heavy (non-hydrogen) atoms. The van der Waals surface area contributed by atoms with Crippen LogP contribution in [0.15, 0.2) is 24.3 Å². The Bertz CT molecular complexity index is 764. The fourth-order valence-electron chi connectivity index (χ4n) is 2.59. The molecule has 1 aromatic carbocycles. The molecule has 0 bridgehead atoms. The smallest absolute Gasteiger partial charge is 0.305 e. The number of aromatic nitrogens is 4. The number of tetrazole rings is 1. The number of morpholine rings is 1. The largest absolute Gasteiger partial charge is 0.481 e. The van der Waals surface area contributed by atoms with Crippen LogP contribution >= 0.6 is 11.6 Å². The molecule has 1 atom stereocenters. The Morgan fingerprint density at radius 2 is 2.08 bits per heavy atom. The van der Waals surface area contributed by atoms with Crippen molar-refractivity contribution in [1.29, 1.82) is 0 Å². The molecular formula is C15H16ClN5O4. The van der Waals surface area contributed by atoms with Gasteiger partial charge in [0.1, 0.15) is 6.54 Å². The summed E-state index contributed by atoms with van der Waals surface area (Å²) in [6.45, 7) is 0.813. The molecule has 0 spiro atoms. The first-order chi connectivity index (χ1) is 12.0. The van der Waals surface area contributed by atoms with E-state index in [1.165, 1.54) is 9.70 Å². The van der Waals surface area contributed by atoms with E-state index in [0.29, 0.717) is 24.0 Å². The minimum atomic E-state index is -0.975. The van der Waals surface area contributed by atoms with E-state index in [9.17, 15) is 9.59 Å². The van der Waals surface area contributed by atoms with E-state index in [2.05, 4.69) is 15.4 Å². The first kappa shape index (κ1) is 17.3. The average Bonchev–Trinajstić information content (AvgIpc) is 3.04. The predicted octanol–water partition coefficient (Wildman–Crippen LogP) is 0.696. The maximum Gasteiger partial charge on any atom is 0.305 e. The summed E-state index contributed by atoms with van der Waals surface area (Å²) in [5, 5.41) is 21.6. The highest BCUT2D eigenvalue weighted by Gasteiger charge is 2.29. The highest BCUT2D eigenvalue weighted by atomic mass is 35.5. The molecule has 3 rings (SSSR count). The monoisotopic (exact) mass is 365 g/mol. The van der Waals surface area contributed by atoms with Crippen LogP contribution < -0.4 is 0 Å². The SMILES string of the molecule is O=C(O)CC1COCCN1C(=O)Cn1nnc(-c2ccc(Cl)cc2)n1. The van der Waals surface area contributed by atoms with Crippen molar-refractivity contribution in [2.75, 3.05) is 19.8 Å². The summed E-state index contributed by atoms with van der Waals surface area (Å²) < 4.78 is 5.27. The minimum absolute atomic E-state index is 0.114. The highest BCUT2D eigenvalue weighted by Crippen LogP contribution is 2.17. The van der Waals surface area contributed by atoms with Crippen LogP contribution in [0.2, 0.25) is 5.02 Å². The number of hydrogen-bond acceptors (Lipinski definition) is 6. The predicted molar refractivity (Wildman–Crippen MR) is 86.8 cm³/mol. The van der Waals surface area contributed by atoms with E-state index in [1.54, 1.807) is 24.3 Å². The number of carbonyl (C=O) groups is 2. The maximum absolute atomic E-state index is 12.5. The van der Waals surface area contributed by atoms with E-state index in [4.69, 9.17) is 21.4 Å². The quantitative estimate of drug-likeness (QED) is 0.830. The summed E-state index contributed by atoms with van der Waals surface area (Å²) in [6.07, 6.45) is -0.160. The molecule has 1 amide bonds. The van der Waals surface area contributed by atoms with E-state index in [-0.39, 0.29) is 25.5 Å². The molecule has 9 nitrogen and oxygen atoms in total. The molecule has 1 aromatic heterocycles. The maximum atomic E-state index is 12.5. The summed E-state index contributed by atoms with van der Waals surface area (Å²) in [7, 11) is 0. The number of aliphatic carboxylic acids is 1. The number of carboxylic acids is 1. The van der Waals surface area contributed by atoms with Crippen molar-refractivity contribution in [2.45, 2.75) is 19.0 Å². The Morgan fingerprint density at radius 3 is 2.80 bits per heavy atom. The second-order valence-corrected chi connectivity index (χ2v) is 6.00. The number of hydrogen-bond donors (Lipinski definition) is 1. The third-order valence-electron chi connectivity index (χ3n) is 3.79. The number of nitrogens with zero attached hydrogens (tertiary/aromatic N) is 5. The van der Waals surface area contributed by atoms with E-state index < -0.39 is 12.0 Å². The van der Waals surface area contributed by atoms with E-state index in [0.717, 1.165) is 5.56 Å². The average molecular weight is 366 g/mol. The van der Waals surface area contributed by atoms with E-state index in [1.807, 2.05) is 0 Å². The lowest BCUT2D eigenvalue weighted by molar-refractivity contribution is -0.146. The Hall–Kier alpha value is -2.52. The molecule has 1 saturated heterocycles. The number of rotatable bonds is 5. The van der Waals surface area contributed by atoms with Crippen LogP contribution in [0.4, 0.5) is 0 Å². The molecule has 1 aliphatic rings. The van der Waals surface area contributed by atoms with Gasteiger partial charge in [-0.1, -0.05) is 11.6 Å². The summed E-state index contributed by atoms with van der Waals surface area (Å²) in [4.78, 5) is 26.1. The lowest BCUT2D eigenvalue weighted by atomic mass is 10.1. The van der Waals surface area contributed by atoms with Gasteiger partial charge in [-0.3, -0.25) is 9.59 Å². The third kappa shape index (κ3) is 4.31. The molecule has 0 aliphatic carbocycles. The molecule has 0 saturated carbocycles.